The number of esters is 1. The quantitative estimate of drug-likeness (QED) is 0.384. The van der Waals surface area contributed by atoms with Gasteiger partial charge in [0.05, 0.1) is 24.3 Å². The highest BCUT2D eigenvalue weighted by Gasteiger charge is 2.21. The van der Waals surface area contributed by atoms with Gasteiger partial charge in [-0.3, -0.25) is 10.1 Å². The minimum Gasteiger partial charge on any atom is -0.465 e. The van der Waals surface area contributed by atoms with Crippen molar-refractivity contribution in [2.75, 3.05) is 12.4 Å². The number of aryl methyl sites for hydroxylation is 1. The van der Waals surface area contributed by atoms with Gasteiger partial charge < -0.3 is 10.1 Å². The molecule has 3 aromatic rings. The molecule has 8 heteroatoms. The van der Waals surface area contributed by atoms with Crippen LogP contribution in [0.1, 0.15) is 20.9 Å². The largest absolute Gasteiger partial charge is 0.465 e. The first-order valence-electron chi connectivity index (χ1n) is 8.12. The van der Waals surface area contributed by atoms with Gasteiger partial charge >= 0.3 is 5.97 Å². The summed E-state index contributed by atoms with van der Waals surface area (Å²) < 4.78 is 4.64. The lowest BCUT2D eigenvalue weighted by Gasteiger charge is -2.08. The van der Waals surface area contributed by atoms with E-state index in [1.54, 1.807) is 17.4 Å². The Kier molecular flexibility index (Phi) is 5.46. The van der Waals surface area contributed by atoms with Crippen LogP contribution in [0.15, 0.2) is 48.5 Å². The maximum atomic E-state index is 11.8. The molecule has 1 heterocycles. The average molecular weight is 383 g/mol. The van der Waals surface area contributed by atoms with Crippen molar-refractivity contribution >= 4 is 28.7 Å². The predicted octanol–water partition coefficient (Wildman–Crippen LogP) is 4.43. The first-order chi connectivity index (χ1) is 13.0. The number of anilines is 1. The van der Waals surface area contributed by atoms with Crippen LogP contribution < -0.4 is 5.32 Å². The van der Waals surface area contributed by atoms with Gasteiger partial charge in [-0.2, -0.15) is 0 Å². The summed E-state index contributed by atoms with van der Waals surface area (Å²) in [5, 5.41) is 15.2. The van der Waals surface area contributed by atoms with Crippen molar-refractivity contribution in [1.82, 2.24) is 4.98 Å². The number of nitro groups is 1. The Morgan fingerprint density at radius 3 is 2.67 bits per heavy atom. The number of ether oxygens (including phenoxy) is 1. The number of thiazole rings is 1. The first-order valence-corrected chi connectivity index (χ1v) is 8.93. The molecule has 27 heavy (non-hydrogen) atoms. The molecule has 0 aliphatic rings. The number of carbonyl (C=O) groups is 1. The van der Waals surface area contributed by atoms with Crippen LogP contribution >= 0.6 is 11.3 Å². The molecule has 2 aromatic carbocycles. The van der Waals surface area contributed by atoms with Gasteiger partial charge in [0, 0.05) is 22.2 Å². The van der Waals surface area contributed by atoms with Gasteiger partial charge in [-0.25, -0.2) is 9.78 Å². The molecule has 138 valence electrons. The molecular weight excluding hydrogens is 366 g/mol. The molecule has 0 radical (unpaired) electrons. The zero-order valence-corrected chi connectivity index (χ0v) is 15.6. The van der Waals surface area contributed by atoms with E-state index in [0.29, 0.717) is 12.2 Å². The van der Waals surface area contributed by atoms with Crippen molar-refractivity contribution in [3.05, 3.63) is 74.8 Å². The number of nitro benzene ring substituents is 1. The van der Waals surface area contributed by atoms with E-state index < -0.39 is 10.9 Å². The molecule has 0 bridgehead atoms. The average Bonchev–Trinajstić information content (AvgIpc) is 3.06. The fraction of sp³-hybridized carbons (Fsp3) is 0.158. The summed E-state index contributed by atoms with van der Waals surface area (Å²) >= 11 is 1.58. The van der Waals surface area contributed by atoms with Crippen molar-refractivity contribution in [1.29, 1.82) is 0 Å². The van der Waals surface area contributed by atoms with E-state index in [-0.39, 0.29) is 11.3 Å². The number of carbonyl (C=O) groups excluding carboxylic acids is 1. The lowest BCUT2D eigenvalue weighted by atomic mass is 10.1. The van der Waals surface area contributed by atoms with Crippen LogP contribution in [0.4, 0.5) is 11.4 Å². The Bertz CT molecular complexity index is 986. The van der Waals surface area contributed by atoms with Crippen molar-refractivity contribution in [2.24, 2.45) is 0 Å². The monoisotopic (exact) mass is 383 g/mol. The van der Waals surface area contributed by atoms with Crippen LogP contribution in [0.2, 0.25) is 0 Å². The zero-order valence-electron chi connectivity index (χ0n) is 14.8. The highest BCUT2D eigenvalue weighted by molar-refractivity contribution is 7.15. The van der Waals surface area contributed by atoms with Crippen LogP contribution in [0, 0.1) is 17.0 Å². The summed E-state index contributed by atoms with van der Waals surface area (Å²) in [5.74, 6) is -0.745. The molecule has 1 N–H and O–H groups in total. The molecular formula is C19H17N3O4S. The number of nitrogens with zero attached hydrogens (tertiary/aromatic N) is 2. The summed E-state index contributed by atoms with van der Waals surface area (Å²) in [5.41, 5.74) is 2.20. The Balaban J connectivity index is 1.80. The van der Waals surface area contributed by atoms with Crippen LogP contribution in [-0.2, 0) is 11.3 Å². The van der Waals surface area contributed by atoms with E-state index in [1.807, 2.05) is 37.3 Å². The van der Waals surface area contributed by atoms with E-state index >= 15 is 0 Å². The normalized spacial score (nSPS) is 10.4. The number of hydrogen-bond acceptors (Lipinski definition) is 7. The Hall–Kier alpha value is -3.26. The maximum Gasteiger partial charge on any atom is 0.344 e. The number of benzene rings is 2. The molecule has 0 fully saturated rings. The molecule has 3 rings (SSSR count). The van der Waals surface area contributed by atoms with Crippen molar-refractivity contribution in [3.63, 3.8) is 0 Å². The summed E-state index contributed by atoms with van der Waals surface area (Å²) in [6, 6.07) is 14.2. The van der Waals surface area contributed by atoms with Crippen LogP contribution in [0.25, 0.3) is 10.6 Å². The summed E-state index contributed by atoms with van der Waals surface area (Å²) in [4.78, 5) is 28.0. The van der Waals surface area contributed by atoms with E-state index in [9.17, 15) is 14.9 Å². The second-order valence-corrected chi connectivity index (χ2v) is 6.81. The Morgan fingerprint density at radius 2 is 2.00 bits per heavy atom. The highest BCUT2D eigenvalue weighted by atomic mass is 32.1. The van der Waals surface area contributed by atoms with Gasteiger partial charge in [-0.15, -0.1) is 11.3 Å². The van der Waals surface area contributed by atoms with Gasteiger partial charge in [-0.1, -0.05) is 30.3 Å². The summed E-state index contributed by atoms with van der Waals surface area (Å²) in [6.45, 7) is 2.43. The highest BCUT2D eigenvalue weighted by Crippen LogP contribution is 2.29. The smallest absolute Gasteiger partial charge is 0.344 e. The third kappa shape index (κ3) is 4.12. The van der Waals surface area contributed by atoms with E-state index in [1.165, 1.54) is 19.2 Å². The van der Waals surface area contributed by atoms with E-state index in [2.05, 4.69) is 15.0 Å². The van der Waals surface area contributed by atoms with Crippen molar-refractivity contribution in [3.8, 4) is 10.6 Å². The summed E-state index contributed by atoms with van der Waals surface area (Å²) in [7, 11) is 1.19. The molecule has 0 amide bonds. The topological polar surface area (TPSA) is 94.4 Å². The molecule has 0 saturated carbocycles. The van der Waals surface area contributed by atoms with Gasteiger partial charge in [0.1, 0.15) is 10.6 Å². The van der Waals surface area contributed by atoms with E-state index in [4.69, 9.17) is 0 Å². The second kappa shape index (κ2) is 7.96. The molecule has 0 saturated heterocycles. The molecule has 0 unspecified atom stereocenters. The van der Waals surface area contributed by atoms with Crippen LogP contribution in [0.5, 0.6) is 0 Å². The zero-order chi connectivity index (χ0) is 19.4. The fourth-order valence-electron chi connectivity index (χ4n) is 2.56. The van der Waals surface area contributed by atoms with Crippen LogP contribution in [-0.4, -0.2) is 23.0 Å². The third-order valence-electron chi connectivity index (χ3n) is 3.97. The van der Waals surface area contributed by atoms with Crippen LogP contribution in [0.3, 0.4) is 0 Å². The minimum absolute atomic E-state index is 0.0847. The third-order valence-corrected chi connectivity index (χ3v) is 5.17. The van der Waals surface area contributed by atoms with Crippen molar-refractivity contribution < 1.29 is 14.5 Å². The standard InChI is InChI=1S/C19H17N3O4S/c1-12-17(27-18(21-12)13-6-4-3-5-7-13)11-20-14-8-9-16(22(24)25)15(10-14)19(23)26-2/h3-10,20H,11H2,1-2H3. The number of methoxy groups -OCH3 is 1. The van der Waals surface area contributed by atoms with Gasteiger partial charge in [-0.05, 0) is 19.1 Å². The fourth-order valence-corrected chi connectivity index (χ4v) is 3.56. The SMILES string of the molecule is COC(=O)c1cc(NCc2sc(-c3ccccc3)nc2C)ccc1[N+](=O)[O-]. The number of rotatable bonds is 6. The molecule has 1 aromatic heterocycles. The van der Waals surface area contributed by atoms with Gasteiger partial charge in [0.2, 0.25) is 0 Å². The minimum atomic E-state index is -0.745. The number of nitrogens with one attached hydrogen (secondary N) is 1. The number of hydrogen-bond donors (Lipinski definition) is 1. The molecule has 0 atom stereocenters. The molecule has 0 aliphatic carbocycles. The molecule has 7 nitrogen and oxygen atoms in total. The van der Waals surface area contributed by atoms with Gasteiger partial charge in [0.15, 0.2) is 0 Å². The lowest BCUT2D eigenvalue weighted by molar-refractivity contribution is -0.385. The Morgan fingerprint density at radius 1 is 1.26 bits per heavy atom. The van der Waals surface area contributed by atoms with E-state index in [0.717, 1.165) is 21.1 Å². The number of aromatic nitrogens is 1. The Labute approximate surface area is 159 Å². The second-order valence-electron chi connectivity index (χ2n) is 5.73. The first kappa shape index (κ1) is 18.5. The summed E-state index contributed by atoms with van der Waals surface area (Å²) in [6.07, 6.45) is 0. The predicted molar refractivity (Wildman–Crippen MR) is 104 cm³/mol. The van der Waals surface area contributed by atoms with Crippen molar-refractivity contribution in [2.45, 2.75) is 13.5 Å². The lowest BCUT2D eigenvalue weighted by Crippen LogP contribution is -2.07. The molecule has 0 aliphatic heterocycles. The molecule has 0 spiro atoms. The maximum absolute atomic E-state index is 11.8. The van der Waals surface area contributed by atoms with Gasteiger partial charge in [0.25, 0.3) is 5.69 Å².